The Morgan fingerprint density at radius 2 is 2.15 bits per heavy atom. The molecule has 0 aromatic carbocycles. The molecule has 0 saturated heterocycles. The van der Waals surface area contributed by atoms with E-state index in [0.29, 0.717) is 0 Å². The van der Waals surface area contributed by atoms with Crippen LogP contribution in [0.2, 0.25) is 5.02 Å². The van der Waals surface area contributed by atoms with Crippen LogP contribution in [0.3, 0.4) is 0 Å². The van der Waals surface area contributed by atoms with Gasteiger partial charge in [-0.15, -0.1) is 0 Å². The molecule has 2 heterocycles. The molecule has 20 heavy (non-hydrogen) atoms. The van der Waals surface area contributed by atoms with Crippen molar-refractivity contribution >= 4 is 11.6 Å². The lowest BCUT2D eigenvalue weighted by Gasteiger charge is -2.16. The minimum absolute atomic E-state index is 0.139. The van der Waals surface area contributed by atoms with E-state index in [1.807, 2.05) is 36.1 Å². The van der Waals surface area contributed by atoms with Gasteiger partial charge in [-0.3, -0.25) is 9.67 Å². The number of aromatic nitrogens is 3. The summed E-state index contributed by atoms with van der Waals surface area (Å²) in [6.07, 6.45) is 3.45. The molecule has 0 aliphatic carbocycles. The summed E-state index contributed by atoms with van der Waals surface area (Å²) in [6.45, 7) is 4.99. The van der Waals surface area contributed by atoms with E-state index in [1.165, 1.54) is 0 Å². The van der Waals surface area contributed by atoms with Gasteiger partial charge in [-0.05, 0) is 32.5 Å². The molecule has 2 aromatic heterocycles. The molecule has 0 fully saturated rings. The van der Waals surface area contributed by atoms with Crippen molar-refractivity contribution in [3.63, 3.8) is 0 Å². The van der Waals surface area contributed by atoms with E-state index in [1.54, 1.807) is 0 Å². The van der Waals surface area contributed by atoms with Crippen LogP contribution in [0.4, 0.5) is 0 Å². The average molecular weight is 293 g/mol. The van der Waals surface area contributed by atoms with Gasteiger partial charge in [0.05, 0.1) is 28.1 Å². The van der Waals surface area contributed by atoms with E-state index in [9.17, 15) is 0 Å². The number of rotatable bonds is 6. The molecule has 1 atom stereocenters. The lowest BCUT2D eigenvalue weighted by Crippen LogP contribution is -2.21. The first-order valence-electron chi connectivity index (χ1n) is 7.03. The summed E-state index contributed by atoms with van der Waals surface area (Å²) < 4.78 is 1.99. The molecule has 0 saturated carbocycles. The van der Waals surface area contributed by atoms with Gasteiger partial charge in [0.2, 0.25) is 0 Å². The van der Waals surface area contributed by atoms with Crippen LogP contribution in [-0.2, 0) is 19.4 Å². The third-order valence-electron chi connectivity index (χ3n) is 3.48. The zero-order valence-electron chi connectivity index (χ0n) is 12.2. The fourth-order valence-corrected chi connectivity index (χ4v) is 2.69. The van der Waals surface area contributed by atoms with Crippen LogP contribution in [0.1, 0.15) is 37.0 Å². The summed E-state index contributed by atoms with van der Waals surface area (Å²) >= 11 is 6.47. The Morgan fingerprint density at radius 3 is 2.70 bits per heavy atom. The highest BCUT2D eigenvalue weighted by Gasteiger charge is 2.19. The van der Waals surface area contributed by atoms with Crippen molar-refractivity contribution in [2.75, 3.05) is 7.05 Å². The van der Waals surface area contributed by atoms with E-state index in [0.717, 1.165) is 41.5 Å². The quantitative estimate of drug-likeness (QED) is 0.890. The maximum Gasteiger partial charge on any atom is 0.0850 e. The normalized spacial score (nSPS) is 12.6. The van der Waals surface area contributed by atoms with Gasteiger partial charge >= 0.3 is 0 Å². The molecule has 0 amide bonds. The summed E-state index contributed by atoms with van der Waals surface area (Å²) in [5.74, 6) is 0. The number of nitrogens with zero attached hydrogens (tertiary/aromatic N) is 3. The summed E-state index contributed by atoms with van der Waals surface area (Å²) in [6, 6.07) is 6.10. The van der Waals surface area contributed by atoms with Crippen molar-refractivity contribution in [1.82, 2.24) is 20.1 Å². The van der Waals surface area contributed by atoms with Crippen LogP contribution in [0.25, 0.3) is 0 Å². The van der Waals surface area contributed by atoms with Gasteiger partial charge in [0.25, 0.3) is 0 Å². The third kappa shape index (κ3) is 3.02. The number of hydrogen-bond donors (Lipinski definition) is 1. The molecule has 0 radical (unpaired) electrons. The Kier molecular flexibility index (Phi) is 5.15. The van der Waals surface area contributed by atoms with Crippen molar-refractivity contribution in [3.05, 3.63) is 46.5 Å². The van der Waals surface area contributed by atoms with Crippen molar-refractivity contribution < 1.29 is 0 Å². The number of pyridine rings is 1. The fraction of sp³-hybridized carbons (Fsp3) is 0.467. The monoisotopic (exact) mass is 292 g/mol. The molecular formula is C15H21ClN4. The molecule has 0 spiro atoms. The summed E-state index contributed by atoms with van der Waals surface area (Å²) in [7, 11) is 1.95. The lowest BCUT2D eigenvalue weighted by molar-refractivity contribution is 0.531. The first kappa shape index (κ1) is 15.0. The van der Waals surface area contributed by atoms with Crippen molar-refractivity contribution in [2.45, 2.75) is 39.3 Å². The Bertz CT molecular complexity index is 551. The Balaban J connectivity index is 2.30. The zero-order chi connectivity index (χ0) is 14.5. The second-order valence-corrected chi connectivity index (χ2v) is 5.05. The number of halogens is 1. The summed E-state index contributed by atoms with van der Waals surface area (Å²) in [4.78, 5) is 4.42. The van der Waals surface area contributed by atoms with Gasteiger partial charge < -0.3 is 5.32 Å². The SMILES string of the molecule is CCc1nn(CC)c(CC(NC)c2ccccn2)c1Cl. The number of hydrogen-bond acceptors (Lipinski definition) is 3. The third-order valence-corrected chi connectivity index (χ3v) is 3.92. The molecule has 0 bridgehead atoms. The van der Waals surface area contributed by atoms with E-state index >= 15 is 0 Å². The predicted octanol–water partition coefficient (Wildman–Crippen LogP) is 3.02. The van der Waals surface area contributed by atoms with Crippen molar-refractivity contribution in [2.24, 2.45) is 0 Å². The number of nitrogens with one attached hydrogen (secondary N) is 1. The fourth-order valence-electron chi connectivity index (χ4n) is 2.34. The molecular weight excluding hydrogens is 272 g/mol. The zero-order valence-corrected chi connectivity index (χ0v) is 13.0. The van der Waals surface area contributed by atoms with Gasteiger partial charge in [0.15, 0.2) is 0 Å². The minimum Gasteiger partial charge on any atom is -0.311 e. The molecule has 0 aliphatic heterocycles. The van der Waals surface area contributed by atoms with Crippen LogP contribution in [0, 0.1) is 0 Å². The lowest BCUT2D eigenvalue weighted by atomic mass is 10.1. The largest absolute Gasteiger partial charge is 0.311 e. The van der Waals surface area contributed by atoms with Gasteiger partial charge in [-0.2, -0.15) is 5.10 Å². The summed E-state index contributed by atoms with van der Waals surface area (Å²) in [5, 5.41) is 8.67. The minimum atomic E-state index is 0.139. The molecule has 2 aromatic rings. The van der Waals surface area contributed by atoms with Crippen LogP contribution >= 0.6 is 11.6 Å². The van der Waals surface area contributed by atoms with Crippen LogP contribution in [0.5, 0.6) is 0 Å². The van der Waals surface area contributed by atoms with Crippen LogP contribution < -0.4 is 5.32 Å². The van der Waals surface area contributed by atoms with Crippen LogP contribution in [-0.4, -0.2) is 21.8 Å². The van der Waals surface area contributed by atoms with Gasteiger partial charge in [0, 0.05) is 19.2 Å². The second kappa shape index (κ2) is 6.86. The highest BCUT2D eigenvalue weighted by atomic mass is 35.5. The van der Waals surface area contributed by atoms with E-state index in [-0.39, 0.29) is 6.04 Å². The van der Waals surface area contributed by atoms with E-state index < -0.39 is 0 Å². The maximum atomic E-state index is 6.47. The standard InChI is InChI=1S/C15H21ClN4/c1-4-11-15(16)14(20(5-2)19-11)10-13(17-3)12-8-6-7-9-18-12/h6-9,13,17H,4-5,10H2,1-3H3. The maximum absolute atomic E-state index is 6.47. The topological polar surface area (TPSA) is 42.7 Å². The van der Waals surface area contributed by atoms with Crippen molar-refractivity contribution in [1.29, 1.82) is 0 Å². The molecule has 5 heteroatoms. The molecule has 1 unspecified atom stereocenters. The highest BCUT2D eigenvalue weighted by Crippen LogP contribution is 2.26. The van der Waals surface area contributed by atoms with E-state index in [2.05, 4.69) is 29.2 Å². The number of likely N-dealkylation sites (N-methyl/N-ethyl adjacent to an activating group) is 1. The first-order valence-corrected chi connectivity index (χ1v) is 7.41. The molecule has 1 N–H and O–H groups in total. The smallest absolute Gasteiger partial charge is 0.0850 e. The average Bonchev–Trinajstić information content (AvgIpc) is 2.81. The Hall–Kier alpha value is -1.39. The van der Waals surface area contributed by atoms with Gasteiger partial charge in [0.1, 0.15) is 0 Å². The predicted molar refractivity (Wildman–Crippen MR) is 82.0 cm³/mol. The second-order valence-electron chi connectivity index (χ2n) is 4.68. The highest BCUT2D eigenvalue weighted by molar-refractivity contribution is 6.31. The van der Waals surface area contributed by atoms with Gasteiger partial charge in [-0.1, -0.05) is 24.6 Å². The Morgan fingerprint density at radius 1 is 1.35 bits per heavy atom. The molecule has 2 rings (SSSR count). The van der Waals surface area contributed by atoms with Gasteiger partial charge in [-0.25, -0.2) is 0 Å². The molecule has 0 aliphatic rings. The molecule has 4 nitrogen and oxygen atoms in total. The van der Waals surface area contributed by atoms with Crippen molar-refractivity contribution in [3.8, 4) is 0 Å². The van der Waals surface area contributed by atoms with Crippen LogP contribution in [0.15, 0.2) is 24.4 Å². The summed E-state index contributed by atoms with van der Waals surface area (Å²) in [5.41, 5.74) is 3.07. The van der Waals surface area contributed by atoms with E-state index in [4.69, 9.17) is 11.6 Å². The first-order chi connectivity index (χ1) is 9.71. The molecule has 108 valence electrons. The Labute approximate surface area is 125 Å². The number of aryl methyl sites for hydroxylation is 2.